The molecular weight excluding hydrogens is 193 g/mol. The van der Waals surface area contributed by atoms with E-state index in [0.717, 1.165) is 6.07 Å². The minimum atomic E-state index is -0.454. The number of hydrogen-bond donors (Lipinski definition) is 0. The number of rotatable bonds is 2. The largest absolute Gasteiger partial charge is 0.287 e. The number of ketones is 1. The number of pyridine rings is 1. The standard InChI is InChI=1S/C12H8FNO/c13-10-6-7-14-11(8-10)12(15)9-4-2-1-3-5-9/h1-8H. The van der Waals surface area contributed by atoms with E-state index in [1.54, 1.807) is 24.3 Å². The molecule has 0 aliphatic rings. The van der Waals surface area contributed by atoms with E-state index in [1.807, 2.05) is 6.07 Å². The third-order valence-corrected chi connectivity index (χ3v) is 1.99. The lowest BCUT2D eigenvalue weighted by atomic mass is 10.1. The van der Waals surface area contributed by atoms with Gasteiger partial charge in [0.1, 0.15) is 11.5 Å². The van der Waals surface area contributed by atoms with E-state index in [0.29, 0.717) is 5.56 Å². The van der Waals surface area contributed by atoms with Crippen LogP contribution in [0.1, 0.15) is 16.1 Å². The van der Waals surface area contributed by atoms with Crippen molar-refractivity contribution in [1.29, 1.82) is 0 Å². The molecular formula is C12H8FNO. The SMILES string of the molecule is O=C(c1ccccc1)c1cc(F)ccn1. The van der Waals surface area contributed by atoms with Crippen LogP contribution in [0, 0.1) is 5.82 Å². The molecule has 0 fully saturated rings. The lowest BCUT2D eigenvalue weighted by Crippen LogP contribution is -2.03. The van der Waals surface area contributed by atoms with Crippen molar-refractivity contribution in [3.8, 4) is 0 Å². The Morgan fingerprint density at radius 1 is 1.13 bits per heavy atom. The number of nitrogens with zero attached hydrogens (tertiary/aromatic N) is 1. The van der Waals surface area contributed by atoms with Crippen molar-refractivity contribution in [3.05, 3.63) is 65.7 Å². The summed E-state index contributed by atoms with van der Waals surface area (Å²) in [6.07, 6.45) is 1.28. The lowest BCUT2D eigenvalue weighted by Gasteiger charge is -1.99. The van der Waals surface area contributed by atoms with Crippen molar-refractivity contribution >= 4 is 5.78 Å². The summed E-state index contributed by atoms with van der Waals surface area (Å²) in [5.41, 5.74) is 0.636. The Bertz CT molecular complexity index is 482. The summed E-state index contributed by atoms with van der Waals surface area (Å²) in [6, 6.07) is 11.0. The summed E-state index contributed by atoms with van der Waals surface area (Å²) in [4.78, 5) is 15.6. The van der Waals surface area contributed by atoms with Gasteiger partial charge in [0.25, 0.3) is 0 Å². The normalized spacial score (nSPS) is 9.93. The monoisotopic (exact) mass is 201 g/mol. The molecule has 1 heterocycles. The Balaban J connectivity index is 2.37. The van der Waals surface area contributed by atoms with Crippen molar-refractivity contribution in [3.63, 3.8) is 0 Å². The van der Waals surface area contributed by atoms with Gasteiger partial charge in [0.05, 0.1) is 0 Å². The zero-order chi connectivity index (χ0) is 10.7. The first-order valence-corrected chi connectivity index (χ1v) is 4.48. The fourth-order valence-electron chi connectivity index (χ4n) is 1.27. The van der Waals surface area contributed by atoms with E-state index in [1.165, 1.54) is 12.3 Å². The predicted octanol–water partition coefficient (Wildman–Crippen LogP) is 2.45. The molecule has 0 saturated heterocycles. The molecule has 0 amide bonds. The Morgan fingerprint density at radius 3 is 2.53 bits per heavy atom. The van der Waals surface area contributed by atoms with E-state index >= 15 is 0 Å². The van der Waals surface area contributed by atoms with Gasteiger partial charge in [0.15, 0.2) is 0 Å². The van der Waals surface area contributed by atoms with Crippen molar-refractivity contribution in [2.75, 3.05) is 0 Å². The molecule has 2 nitrogen and oxygen atoms in total. The smallest absolute Gasteiger partial charge is 0.211 e. The molecule has 74 valence electrons. The predicted molar refractivity (Wildman–Crippen MR) is 54.1 cm³/mol. The molecule has 0 N–H and O–H groups in total. The van der Waals surface area contributed by atoms with Gasteiger partial charge in [0, 0.05) is 17.8 Å². The average Bonchev–Trinajstić information content (AvgIpc) is 2.29. The van der Waals surface area contributed by atoms with Gasteiger partial charge in [-0.25, -0.2) is 4.39 Å². The summed E-state index contributed by atoms with van der Waals surface area (Å²) in [5, 5.41) is 0. The van der Waals surface area contributed by atoms with Crippen LogP contribution in [-0.4, -0.2) is 10.8 Å². The second kappa shape index (κ2) is 4.00. The van der Waals surface area contributed by atoms with Crippen molar-refractivity contribution in [2.45, 2.75) is 0 Å². The van der Waals surface area contributed by atoms with Crippen molar-refractivity contribution in [2.24, 2.45) is 0 Å². The number of benzene rings is 1. The molecule has 2 rings (SSSR count). The molecule has 15 heavy (non-hydrogen) atoms. The summed E-state index contributed by atoms with van der Waals surface area (Å²) in [7, 11) is 0. The molecule has 0 aliphatic carbocycles. The van der Waals surface area contributed by atoms with Crippen molar-refractivity contribution < 1.29 is 9.18 Å². The minimum Gasteiger partial charge on any atom is -0.287 e. The number of aromatic nitrogens is 1. The maximum absolute atomic E-state index is 12.9. The van der Waals surface area contributed by atoms with Crippen LogP contribution in [0.5, 0.6) is 0 Å². The maximum atomic E-state index is 12.9. The summed E-state index contributed by atoms with van der Waals surface area (Å²) >= 11 is 0. The van der Waals surface area contributed by atoms with E-state index in [-0.39, 0.29) is 11.5 Å². The first-order chi connectivity index (χ1) is 7.27. The molecule has 0 atom stereocenters. The third kappa shape index (κ3) is 2.07. The fourth-order valence-corrected chi connectivity index (χ4v) is 1.27. The van der Waals surface area contributed by atoms with Crippen LogP contribution in [0.4, 0.5) is 4.39 Å². The Hall–Kier alpha value is -2.03. The van der Waals surface area contributed by atoms with Gasteiger partial charge in [-0.1, -0.05) is 30.3 Å². The van der Waals surface area contributed by atoms with E-state index in [9.17, 15) is 9.18 Å². The second-order valence-corrected chi connectivity index (χ2v) is 3.05. The maximum Gasteiger partial charge on any atom is 0.211 e. The molecule has 1 aromatic heterocycles. The fraction of sp³-hybridized carbons (Fsp3) is 0. The van der Waals surface area contributed by atoms with Gasteiger partial charge >= 0.3 is 0 Å². The Kier molecular flexibility index (Phi) is 2.54. The quantitative estimate of drug-likeness (QED) is 0.698. The lowest BCUT2D eigenvalue weighted by molar-refractivity contribution is 0.103. The van der Waals surface area contributed by atoms with E-state index in [2.05, 4.69) is 4.98 Å². The van der Waals surface area contributed by atoms with Crippen LogP contribution in [0.3, 0.4) is 0 Å². The molecule has 0 radical (unpaired) electrons. The summed E-state index contributed by atoms with van der Waals surface area (Å²) < 4.78 is 12.9. The van der Waals surface area contributed by atoms with Gasteiger partial charge < -0.3 is 0 Å². The number of halogens is 1. The van der Waals surface area contributed by atoms with Gasteiger partial charge in [-0.3, -0.25) is 9.78 Å². The number of carbonyl (C=O) groups excluding carboxylic acids is 1. The molecule has 1 aromatic carbocycles. The zero-order valence-electron chi connectivity index (χ0n) is 7.85. The highest BCUT2D eigenvalue weighted by atomic mass is 19.1. The molecule has 0 saturated carbocycles. The number of carbonyl (C=O) groups is 1. The van der Waals surface area contributed by atoms with E-state index in [4.69, 9.17) is 0 Å². The third-order valence-electron chi connectivity index (χ3n) is 1.99. The molecule has 0 spiro atoms. The zero-order valence-corrected chi connectivity index (χ0v) is 7.85. The molecule has 0 bridgehead atoms. The highest BCUT2D eigenvalue weighted by Crippen LogP contribution is 2.08. The van der Waals surface area contributed by atoms with Gasteiger partial charge in [0.2, 0.25) is 5.78 Å². The van der Waals surface area contributed by atoms with Gasteiger partial charge in [-0.2, -0.15) is 0 Å². The number of hydrogen-bond acceptors (Lipinski definition) is 2. The van der Waals surface area contributed by atoms with Gasteiger partial charge in [-0.05, 0) is 6.07 Å². The van der Waals surface area contributed by atoms with Crippen molar-refractivity contribution in [1.82, 2.24) is 4.98 Å². The summed E-state index contributed by atoms with van der Waals surface area (Å²) in [5.74, 6) is -0.723. The van der Waals surface area contributed by atoms with Crippen LogP contribution < -0.4 is 0 Å². The topological polar surface area (TPSA) is 30.0 Å². The first kappa shape index (κ1) is 9.52. The highest BCUT2D eigenvalue weighted by Gasteiger charge is 2.09. The average molecular weight is 201 g/mol. The van der Waals surface area contributed by atoms with Crippen LogP contribution in [0.2, 0.25) is 0 Å². The first-order valence-electron chi connectivity index (χ1n) is 4.48. The minimum absolute atomic E-state index is 0.126. The second-order valence-electron chi connectivity index (χ2n) is 3.05. The molecule has 0 aliphatic heterocycles. The van der Waals surface area contributed by atoms with Crippen LogP contribution in [-0.2, 0) is 0 Å². The Morgan fingerprint density at radius 2 is 1.87 bits per heavy atom. The van der Waals surface area contributed by atoms with Crippen LogP contribution >= 0.6 is 0 Å². The van der Waals surface area contributed by atoms with Gasteiger partial charge in [-0.15, -0.1) is 0 Å². The Labute approximate surface area is 86.4 Å². The highest BCUT2D eigenvalue weighted by molar-refractivity contribution is 6.07. The molecule has 0 unspecified atom stereocenters. The van der Waals surface area contributed by atoms with E-state index < -0.39 is 5.82 Å². The summed E-state index contributed by atoms with van der Waals surface area (Å²) in [6.45, 7) is 0. The molecule has 3 heteroatoms. The molecule has 2 aromatic rings. The van der Waals surface area contributed by atoms with Crippen LogP contribution in [0.25, 0.3) is 0 Å². The van der Waals surface area contributed by atoms with Crippen LogP contribution in [0.15, 0.2) is 48.7 Å².